The molecule has 0 aliphatic heterocycles. The predicted octanol–water partition coefficient (Wildman–Crippen LogP) is 2.26. The lowest BCUT2D eigenvalue weighted by Crippen LogP contribution is -2.23. The van der Waals surface area contributed by atoms with Crippen molar-refractivity contribution in [2.45, 2.75) is 13.5 Å². The number of nitrogens with one attached hydrogen (secondary N) is 1. The van der Waals surface area contributed by atoms with Crippen LogP contribution in [0, 0.1) is 6.92 Å². The van der Waals surface area contributed by atoms with Gasteiger partial charge in [-0.05, 0) is 31.2 Å². The Balaban J connectivity index is 2.00. The minimum atomic E-state index is -0.0375. The van der Waals surface area contributed by atoms with E-state index in [0.717, 1.165) is 5.69 Å². The van der Waals surface area contributed by atoms with Crippen molar-refractivity contribution in [1.29, 1.82) is 0 Å². The normalized spacial score (nSPS) is 10.2. The Morgan fingerprint density at radius 1 is 1.18 bits per heavy atom. The Labute approximate surface area is 101 Å². The van der Waals surface area contributed by atoms with Crippen LogP contribution in [0.2, 0.25) is 0 Å². The van der Waals surface area contributed by atoms with E-state index in [0.29, 0.717) is 12.1 Å². The number of amides is 1. The van der Waals surface area contributed by atoms with Crippen molar-refractivity contribution in [3.05, 3.63) is 59.4 Å². The summed E-state index contributed by atoms with van der Waals surface area (Å²) in [6.45, 7) is 2.60. The number of carbonyl (C=O) groups excluding carboxylic acids is 1. The fourth-order valence-corrected chi connectivity index (χ4v) is 1.71. The van der Waals surface area contributed by atoms with Gasteiger partial charge < -0.3 is 9.88 Å². The van der Waals surface area contributed by atoms with Gasteiger partial charge in [0.1, 0.15) is 0 Å². The maximum Gasteiger partial charge on any atom is 0.251 e. The van der Waals surface area contributed by atoms with Gasteiger partial charge in [-0.25, -0.2) is 0 Å². The van der Waals surface area contributed by atoms with Gasteiger partial charge in [0.05, 0.1) is 6.54 Å². The van der Waals surface area contributed by atoms with E-state index in [1.165, 1.54) is 5.69 Å². The van der Waals surface area contributed by atoms with E-state index < -0.39 is 0 Å². The second kappa shape index (κ2) is 4.87. The van der Waals surface area contributed by atoms with Gasteiger partial charge in [-0.3, -0.25) is 4.79 Å². The molecule has 2 rings (SSSR count). The predicted molar refractivity (Wildman–Crippen MR) is 67.8 cm³/mol. The van der Waals surface area contributed by atoms with Crippen LogP contribution in [0.4, 0.5) is 0 Å². The summed E-state index contributed by atoms with van der Waals surface area (Å²) >= 11 is 0. The molecule has 0 aliphatic carbocycles. The van der Waals surface area contributed by atoms with Crippen LogP contribution in [0.3, 0.4) is 0 Å². The zero-order valence-corrected chi connectivity index (χ0v) is 10.1. The van der Waals surface area contributed by atoms with Gasteiger partial charge in [-0.1, -0.05) is 18.2 Å². The Bertz CT molecular complexity index is 514. The molecule has 0 aliphatic rings. The highest BCUT2D eigenvalue weighted by Gasteiger charge is 2.06. The van der Waals surface area contributed by atoms with Crippen molar-refractivity contribution in [2.24, 2.45) is 7.05 Å². The topological polar surface area (TPSA) is 34.0 Å². The molecule has 0 atom stereocenters. The number of benzene rings is 1. The summed E-state index contributed by atoms with van der Waals surface area (Å²) in [6.07, 6.45) is 0. The second-order valence-corrected chi connectivity index (χ2v) is 4.07. The molecule has 0 saturated heterocycles. The number of carbonyl (C=O) groups is 1. The highest BCUT2D eigenvalue weighted by Crippen LogP contribution is 2.06. The third-order valence-electron chi connectivity index (χ3n) is 2.94. The number of aromatic nitrogens is 1. The Morgan fingerprint density at radius 2 is 1.88 bits per heavy atom. The van der Waals surface area contributed by atoms with E-state index in [-0.39, 0.29) is 5.91 Å². The molecule has 0 fully saturated rings. The minimum absolute atomic E-state index is 0.0375. The van der Waals surface area contributed by atoms with Crippen LogP contribution in [0.5, 0.6) is 0 Å². The lowest BCUT2D eigenvalue weighted by atomic mass is 10.2. The molecule has 1 amide bonds. The first-order valence-corrected chi connectivity index (χ1v) is 5.63. The Kier molecular flexibility index (Phi) is 3.28. The summed E-state index contributed by atoms with van der Waals surface area (Å²) < 4.78 is 2.07. The van der Waals surface area contributed by atoms with Crippen LogP contribution in [0.25, 0.3) is 0 Å². The Hall–Kier alpha value is -2.03. The van der Waals surface area contributed by atoms with Crippen LogP contribution in [-0.2, 0) is 13.6 Å². The number of rotatable bonds is 3. The summed E-state index contributed by atoms with van der Waals surface area (Å²) in [5.41, 5.74) is 2.99. The summed E-state index contributed by atoms with van der Waals surface area (Å²) in [5, 5.41) is 2.91. The van der Waals surface area contributed by atoms with Crippen molar-refractivity contribution < 1.29 is 4.79 Å². The largest absolute Gasteiger partial charge is 0.350 e. The molecule has 1 N–H and O–H groups in total. The third kappa shape index (κ3) is 2.56. The summed E-state index contributed by atoms with van der Waals surface area (Å²) in [7, 11) is 2.00. The molecule has 1 heterocycles. The lowest BCUT2D eigenvalue weighted by Gasteiger charge is -2.07. The van der Waals surface area contributed by atoms with E-state index >= 15 is 0 Å². The van der Waals surface area contributed by atoms with E-state index in [2.05, 4.69) is 9.88 Å². The SMILES string of the molecule is Cc1ccc(CNC(=O)c2ccccc2)n1C. The van der Waals surface area contributed by atoms with Gasteiger partial charge in [-0.2, -0.15) is 0 Å². The molecule has 17 heavy (non-hydrogen) atoms. The van der Waals surface area contributed by atoms with Crippen molar-refractivity contribution in [3.63, 3.8) is 0 Å². The third-order valence-corrected chi connectivity index (χ3v) is 2.94. The molecular formula is C14H16N2O. The van der Waals surface area contributed by atoms with Gasteiger partial charge in [0, 0.05) is 24.0 Å². The van der Waals surface area contributed by atoms with E-state index in [9.17, 15) is 4.79 Å². The quantitative estimate of drug-likeness (QED) is 0.859. The van der Waals surface area contributed by atoms with Crippen LogP contribution < -0.4 is 5.32 Å². The molecule has 0 unspecified atom stereocenters. The van der Waals surface area contributed by atoms with Crippen LogP contribution in [0.15, 0.2) is 42.5 Å². The first kappa shape index (κ1) is 11.5. The van der Waals surface area contributed by atoms with Crippen LogP contribution in [-0.4, -0.2) is 10.5 Å². The summed E-state index contributed by atoms with van der Waals surface area (Å²) in [6, 6.07) is 13.3. The van der Waals surface area contributed by atoms with Crippen molar-refractivity contribution in [2.75, 3.05) is 0 Å². The second-order valence-electron chi connectivity index (χ2n) is 4.07. The molecule has 2 aromatic rings. The van der Waals surface area contributed by atoms with Crippen LogP contribution >= 0.6 is 0 Å². The van der Waals surface area contributed by atoms with Crippen LogP contribution in [0.1, 0.15) is 21.7 Å². The molecule has 0 bridgehead atoms. The molecule has 1 aromatic heterocycles. The average molecular weight is 228 g/mol. The maximum atomic E-state index is 11.8. The highest BCUT2D eigenvalue weighted by molar-refractivity contribution is 5.94. The molecule has 0 saturated carbocycles. The number of hydrogen-bond acceptors (Lipinski definition) is 1. The van der Waals surface area contributed by atoms with E-state index in [4.69, 9.17) is 0 Å². The fourth-order valence-electron chi connectivity index (χ4n) is 1.71. The van der Waals surface area contributed by atoms with E-state index in [1.807, 2.05) is 56.4 Å². The monoisotopic (exact) mass is 228 g/mol. The molecular weight excluding hydrogens is 212 g/mol. The molecule has 3 nitrogen and oxygen atoms in total. The van der Waals surface area contributed by atoms with Crippen molar-refractivity contribution >= 4 is 5.91 Å². The zero-order valence-electron chi connectivity index (χ0n) is 10.1. The van der Waals surface area contributed by atoms with Gasteiger partial charge in [0.25, 0.3) is 5.91 Å². The summed E-state index contributed by atoms with van der Waals surface area (Å²) in [5.74, 6) is -0.0375. The number of nitrogens with zero attached hydrogens (tertiary/aromatic N) is 1. The molecule has 88 valence electrons. The summed E-state index contributed by atoms with van der Waals surface area (Å²) in [4.78, 5) is 11.8. The van der Waals surface area contributed by atoms with E-state index in [1.54, 1.807) is 0 Å². The first-order chi connectivity index (χ1) is 8.18. The van der Waals surface area contributed by atoms with Crippen molar-refractivity contribution in [1.82, 2.24) is 9.88 Å². The fraction of sp³-hybridized carbons (Fsp3) is 0.214. The van der Waals surface area contributed by atoms with Crippen molar-refractivity contribution in [3.8, 4) is 0 Å². The molecule has 0 radical (unpaired) electrons. The van der Waals surface area contributed by atoms with Gasteiger partial charge >= 0.3 is 0 Å². The first-order valence-electron chi connectivity index (χ1n) is 5.63. The standard InChI is InChI=1S/C14H16N2O/c1-11-8-9-13(16(11)2)10-15-14(17)12-6-4-3-5-7-12/h3-9H,10H2,1-2H3,(H,15,17). The Morgan fingerprint density at radius 3 is 2.47 bits per heavy atom. The maximum absolute atomic E-state index is 11.8. The van der Waals surface area contributed by atoms with Gasteiger partial charge in [0.15, 0.2) is 0 Å². The molecule has 0 spiro atoms. The average Bonchev–Trinajstić information content (AvgIpc) is 2.68. The lowest BCUT2D eigenvalue weighted by molar-refractivity contribution is 0.0950. The van der Waals surface area contributed by atoms with Gasteiger partial charge in [0.2, 0.25) is 0 Å². The number of hydrogen-bond donors (Lipinski definition) is 1. The number of aryl methyl sites for hydroxylation is 1. The zero-order chi connectivity index (χ0) is 12.3. The minimum Gasteiger partial charge on any atom is -0.350 e. The smallest absolute Gasteiger partial charge is 0.251 e. The highest BCUT2D eigenvalue weighted by atomic mass is 16.1. The molecule has 1 aromatic carbocycles. The molecule has 3 heteroatoms. The van der Waals surface area contributed by atoms with Gasteiger partial charge in [-0.15, -0.1) is 0 Å².